The van der Waals surface area contributed by atoms with Gasteiger partial charge in [-0.15, -0.1) is 0 Å². The summed E-state index contributed by atoms with van der Waals surface area (Å²) in [5.41, 5.74) is 2.00. The molecule has 1 saturated heterocycles. The molecule has 0 radical (unpaired) electrons. The summed E-state index contributed by atoms with van der Waals surface area (Å²) in [6.45, 7) is 0.994. The molecule has 2 heterocycles. The molecule has 1 aliphatic heterocycles. The number of pyridine rings is 1. The van der Waals surface area contributed by atoms with Gasteiger partial charge in [-0.05, 0) is 41.8 Å². The fourth-order valence-corrected chi connectivity index (χ4v) is 3.24. The summed E-state index contributed by atoms with van der Waals surface area (Å²) in [7, 11) is 1.58. The summed E-state index contributed by atoms with van der Waals surface area (Å²) in [6.07, 6.45) is -0.0121. The fraction of sp³-hybridized carbons (Fsp3) is 0.450. The van der Waals surface area contributed by atoms with Gasteiger partial charge in [-0.2, -0.15) is 13.2 Å². The summed E-state index contributed by atoms with van der Waals surface area (Å²) in [6, 6.07) is 9.48. The summed E-state index contributed by atoms with van der Waals surface area (Å²) < 4.78 is 48.7. The van der Waals surface area contributed by atoms with Gasteiger partial charge in [0.2, 0.25) is 0 Å². The molecule has 2 aromatic rings. The van der Waals surface area contributed by atoms with Gasteiger partial charge in [0, 0.05) is 38.1 Å². The zero-order valence-corrected chi connectivity index (χ0v) is 15.7. The molecule has 0 bridgehead atoms. The lowest BCUT2D eigenvalue weighted by Crippen LogP contribution is -2.36. The second kappa shape index (κ2) is 9.25. The smallest absolute Gasteiger partial charge is 0.401 e. The molecule has 28 heavy (non-hydrogen) atoms. The van der Waals surface area contributed by atoms with E-state index in [4.69, 9.17) is 9.47 Å². The van der Waals surface area contributed by atoms with E-state index in [-0.39, 0.29) is 6.04 Å². The van der Waals surface area contributed by atoms with Crippen LogP contribution in [0.5, 0.6) is 11.5 Å². The number of aromatic nitrogens is 1. The molecule has 1 aliphatic rings. The highest BCUT2D eigenvalue weighted by molar-refractivity contribution is 5.43. The number of hydrogen-bond acceptors (Lipinski definition) is 5. The zero-order valence-electron chi connectivity index (χ0n) is 15.7. The Morgan fingerprint density at radius 3 is 2.64 bits per heavy atom. The molecule has 5 nitrogen and oxygen atoms in total. The maximum absolute atomic E-state index is 12.5. The Labute approximate surface area is 162 Å². The molecule has 1 aromatic heterocycles. The molecule has 8 heteroatoms. The average molecular weight is 395 g/mol. The van der Waals surface area contributed by atoms with Crippen molar-refractivity contribution in [3.8, 4) is 11.5 Å². The van der Waals surface area contributed by atoms with E-state index in [2.05, 4.69) is 10.3 Å². The highest BCUT2D eigenvalue weighted by Gasteiger charge is 2.34. The normalized spacial score (nSPS) is 17.6. The van der Waals surface area contributed by atoms with Gasteiger partial charge in [-0.25, -0.2) is 0 Å². The molecule has 1 aromatic carbocycles. The van der Waals surface area contributed by atoms with Gasteiger partial charge < -0.3 is 14.8 Å². The van der Waals surface area contributed by atoms with Gasteiger partial charge in [0.15, 0.2) is 11.5 Å². The van der Waals surface area contributed by atoms with Crippen LogP contribution in [0.15, 0.2) is 42.7 Å². The van der Waals surface area contributed by atoms with E-state index in [1.54, 1.807) is 19.5 Å². The van der Waals surface area contributed by atoms with Crippen LogP contribution in [0.4, 0.5) is 13.2 Å². The van der Waals surface area contributed by atoms with Crippen LogP contribution in [0.2, 0.25) is 0 Å². The van der Waals surface area contributed by atoms with Crippen LogP contribution >= 0.6 is 0 Å². The fourth-order valence-electron chi connectivity index (χ4n) is 3.24. The van der Waals surface area contributed by atoms with Crippen molar-refractivity contribution < 1.29 is 22.6 Å². The Morgan fingerprint density at radius 2 is 1.93 bits per heavy atom. The van der Waals surface area contributed by atoms with Crippen LogP contribution < -0.4 is 14.8 Å². The van der Waals surface area contributed by atoms with Crippen molar-refractivity contribution in [2.75, 3.05) is 26.7 Å². The van der Waals surface area contributed by atoms with Gasteiger partial charge in [0.25, 0.3) is 0 Å². The standard InChI is InChI=1S/C20H24F3N3O2/c1-27-19-10-16(2-3-18(19)28-13-15-4-7-24-8-5-15)11-25-17-6-9-26(12-17)14-20(21,22)23/h2-5,7-8,10,17,25H,6,9,11-14H2,1H3. The highest BCUT2D eigenvalue weighted by atomic mass is 19.4. The maximum atomic E-state index is 12.5. The maximum Gasteiger partial charge on any atom is 0.401 e. The second-order valence-corrected chi connectivity index (χ2v) is 6.85. The van der Waals surface area contributed by atoms with Crippen LogP contribution in [0.25, 0.3) is 0 Å². The Balaban J connectivity index is 1.51. The molecule has 1 atom stereocenters. The first-order valence-electron chi connectivity index (χ1n) is 9.14. The lowest BCUT2D eigenvalue weighted by Gasteiger charge is -2.18. The predicted octanol–water partition coefficient (Wildman–Crippen LogP) is 3.40. The lowest BCUT2D eigenvalue weighted by atomic mass is 10.1. The first kappa shape index (κ1) is 20.4. The summed E-state index contributed by atoms with van der Waals surface area (Å²) >= 11 is 0. The third-order valence-electron chi connectivity index (χ3n) is 4.64. The first-order valence-corrected chi connectivity index (χ1v) is 9.14. The third kappa shape index (κ3) is 6.10. The minimum absolute atomic E-state index is 0.0518. The van der Waals surface area contributed by atoms with Crippen LogP contribution in [0, 0.1) is 0 Å². The molecule has 0 spiro atoms. The van der Waals surface area contributed by atoms with Crippen molar-refractivity contribution in [1.82, 2.24) is 15.2 Å². The Hall–Kier alpha value is -2.32. The number of rotatable bonds is 8. The van der Waals surface area contributed by atoms with Crippen molar-refractivity contribution in [2.24, 2.45) is 0 Å². The van der Waals surface area contributed by atoms with Crippen molar-refractivity contribution in [3.05, 3.63) is 53.9 Å². The van der Waals surface area contributed by atoms with Crippen molar-refractivity contribution in [1.29, 1.82) is 0 Å². The van der Waals surface area contributed by atoms with E-state index in [9.17, 15) is 13.2 Å². The predicted molar refractivity (Wildman–Crippen MR) is 99.3 cm³/mol. The first-order chi connectivity index (χ1) is 13.4. The van der Waals surface area contributed by atoms with Gasteiger partial charge in [0.05, 0.1) is 13.7 Å². The van der Waals surface area contributed by atoms with Gasteiger partial charge in [-0.1, -0.05) is 6.07 Å². The zero-order chi connectivity index (χ0) is 20.0. The quantitative estimate of drug-likeness (QED) is 0.743. The number of alkyl halides is 3. The SMILES string of the molecule is COc1cc(CNC2CCN(CC(F)(F)F)C2)ccc1OCc1ccncc1. The number of methoxy groups -OCH3 is 1. The van der Waals surface area contributed by atoms with Gasteiger partial charge >= 0.3 is 6.18 Å². The average Bonchev–Trinajstić information content (AvgIpc) is 3.11. The largest absolute Gasteiger partial charge is 0.493 e. The number of nitrogens with one attached hydrogen (secondary N) is 1. The molecule has 0 saturated carbocycles. The Morgan fingerprint density at radius 1 is 1.14 bits per heavy atom. The van der Waals surface area contributed by atoms with Crippen molar-refractivity contribution in [2.45, 2.75) is 31.8 Å². The number of likely N-dealkylation sites (tertiary alicyclic amines) is 1. The van der Waals surface area contributed by atoms with E-state index in [1.807, 2.05) is 30.3 Å². The van der Waals surface area contributed by atoms with E-state index in [0.29, 0.717) is 44.2 Å². The minimum Gasteiger partial charge on any atom is -0.493 e. The van der Waals surface area contributed by atoms with E-state index >= 15 is 0 Å². The molecule has 0 amide bonds. The third-order valence-corrected chi connectivity index (χ3v) is 4.64. The molecule has 1 fully saturated rings. The Bertz CT molecular complexity index is 756. The highest BCUT2D eigenvalue weighted by Crippen LogP contribution is 2.29. The van der Waals surface area contributed by atoms with Crippen LogP contribution in [-0.4, -0.2) is 48.8 Å². The van der Waals surface area contributed by atoms with E-state index in [0.717, 1.165) is 11.1 Å². The van der Waals surface area contributed by atoms with Gasteiger partial charge in [-0.3, -0.25) is 9.88 Å². The van der Waals surface area contributed by atoms with Gasteiger partial charge in [0.1, 0.15) is 6.61 Å². The number of ether oxygens (including phenoxy) is 2. The molecule has 1 unspecified atom stereocenters. The second-order valence-electron chi connectivity index (χ2n) is 6.85. The van der Waals surface area contributed by atoms with Crippen molar-refractivity contribution >= 4 is 0 Å². The van der Waals surface area contributed by atoms with E-state index < -0.39 is 12.7 Å². The van der Waals surface area contributed by atoms with Crippen LogP contribution in [-0.2, 0) is 13.2 Å². The van der Waals surface area contributed by atoms with Crippen LogP contribution in [0.3, 0.4) is 0 Å². The monoisotopic (exact) mass is 395 g/mol. The minimum atomic E-state index is -4.14. The van der Waals surface area contributed by atoms with Crippen molar-refractivity contribution in [3.63, 3.8) is 0 Å². The molecule has 1 N–H and O–H groups in total. The lowest BCUT2D eigenvalue weighted by molar-refractivity contribution is -0.143. The number of hydrogen-bond donors (Lipinski definition) is 1. The molecular formula is C20H24F3N3O2. The molecule has 152 valence electrons. The summed E-state index contributed by atoms with van der Waals surface area (Å²) in [5.74, 6) is 1.26. The number of nitrogens with zero attached hydrogens (tertiary/aromatic N) is 2. The van der Waals surface area contributed by atoms with E-state index in [1.165, 1.54) is 4.90 Å². The summed E-state index contributed by atoms with van der Waals surface area (Å²) in [4.78, 5) is 5.41. The molecular weight excluding hydrogens is 371 g/mol. The topological polar surface area (TPSA) is 46.6 Å². The molecule has 3 rings (SSSR count). The number of benzene rings is 1. The summed E-state index contributed by atoms with van der Waals surface area (Å²) in [5, 5.41) is 3.33. The Kier molecular flexibility index (Phi) is 6.74. The number of halogens is 3. The van der Waals surface area contributed by atoms with Crippen LogP contribution in [0.1, 0.15) is 17.5 Å². The molecule has 0 aliphatic carbocycles.